The van der Waals surface area contributed by atoms with E-state index in [9.17, 15) is 9.90 Å². The number of aromatic carboxylic acids is 1. The number of carboxylic acid groups (broad SMARTS) is 1. The Hall–Kier alpha value is -2.62. The minimum Gasteiger partial charge on any atom is -0.545 e. The van der Waals surface area contributed by atoms with Crippen molar-refractivity contribution < 1.29 is 9.90 Å². The van der Waals surface area contributed by atoms with Gasteiger partial charge >= 0.3 is 0 Å². The van der Waals surface area contributed by atoms with Gasteiger partial charge in [-0.2, -0.15) is 5.10 Å². The summed E-state index contributed by atoms with van der Waals surface area (Å²) >= 11 is 0. The average Bonchev–Trinajstić information content (AvgIpc) is 2.39. The molecule has 1 N–H and O–H groups in total. The molecule has 0 aliphatic rings. The van der Waals surface area contributed by atoms with Gasteiger partial charge in [0.2, 0.25) is 0 Å². The fourth-order valence-electron chi connectivity index (χ4n) is 1.60. The number of nitrogens with one attached hydrogen (secondary N) is 1. The molecule has 0 aliphatic heterocycles. The lowest BCUT2D eigenvalue weighted by atomic mass is 10.1. The number of hydrogen-bond acceptors (Lipinski definition) is 4. The first-order valence-electron chi connectivity index (χ1n) is 5.82. The predicted molar refractivity (Wildman–Crippen MR) is 73.2 cm³/mol. The molecule has 0 fully saturated rings. The number of benzene rings is 2. The van der Waals surface area contributed by atoms with Crippen LogP contribution in [0.25, 0.3) is 0 Å². The number of carboxylic acids is 1. The van der Waals surface area contributed by atoms with Crippen molar-refractivity contribution in [3.8, 4) is 0 Å². The Morgan fingerprint density at radius 2 is 1.95 bits per heavy atom. The smallest absolute Gasteiger partial charge is 0.0715 e. The molecule has 0 bridgehead atoms. The van der Waals surface area contributed by atoms with Gasteiger partial charge in [0.25, 0.3) is 0 Å². The van der Waals surface area contributed by atoms with E-state index in [1.54, 1.807) is 18.3 Å². The van der Waals surface area contributed by atoms with E-state index in [1.165, 1.54) is 12.1 Å². The second kappa shape index (κ2) is 5.82. The number of hydrazone groups is 1. The molecule has 0 spiro atoms. The number of carbonyl (C=O) groups excluding carboxylic acids is 1. The fourth-order valence-corrected chi connectivity index (χ4v) is 1.60. The van der Waals surface area contributed by atoms with Crippen LogP contribution in [-0.4, -0.2) is 12.2 Å². The molecule has 0 saturated heterocycles. The number of rotatable bonds is 4. The highest BCUT2D eigenvalue weighted by molar-refractivity contribution is 5.87. The van der Waals surface area contributed by atoms with Crippen molar-refractivity contribution in [3.63, 3.8) is 0 Å². The van der Waals surface area contributed by atoms with Crippen molar-refractivity contribution in [2.45, 2.75) is 6.92 Å². The van der Waals surface area contributed by atoms with Crippen LogP contribution in [0.3, 0.4) is 0 Å². The molecule has 2 aromatic carbocycles. The van der Waals surface area contributed by atoms with Gasteiger partial charge in [0.15, 0.2) is 0 Å². The predicted octanol–water partition coefficient (Wildman–Crippen LogP) is 1.80. The third-order valence-electron chi connectivity index (χ3n) is 2.57. The molecule has 4 nitrogen and oxygen atoms in total. The minimum atomic E-state index is -1.18. The maximum Gasteiger partial charge on any atom is 0.0715 e. The summed E-state index contributed by atoms with van der Waals surface area (Å²) < 4.78 is 0. The molecule has 2 aromatic rings. The molecular weight excluding hydrogens is 240 g/mol. The van der Waals surface area contributed by atoms with Crippen molar-refractivity contribution in [2.75, 3.05) is 5.43 Å². The van der Waals surface area contributed by atoms with Crippen LogP contribution >= 0.6 is 0 Å². The highest BCUT2D eigenvalue weighted by atomic mass is 16.4. The Bertz CT molecular complexity index is 604. The van der Waals surface area contributed by atoms with E-state index in [0.717, 1.165) is 16.8 Å². The summed E-state index contributed by atoms with van der Waals surface area (Å²) in [5.41, 5.74) is 5.94. The molecule has 96 valence electrons. The van der Waals surface area contributed by atoms with E-state index in [-0.39, 0.29) is 5.56 Å². The maximum atomic E-state index is 10.6. The van der Waals surface area contributed by atoms with Crippen LogP contribution in [0.2, 0.25) is 0 Å². The fraction of sp³-hybridized carbons (Fsp3) is 0.0667. The topological polar surface area (TPSA) is 64.5 Å². The van der Waals surface area contributed by atoms with E-state index in [0.29, 0.717) is 0 Å². The monoisotopic (exact) mass is 253 g/mol. The standard InChI is InChI=1S/C15H14N2O2/c1-11-3-2-4-14(9-11)17-16-10-12-5-7-13(8-6-12)15(18)19/h2-10,17H,1H3,(H,18,19)/p-1/b16-10-. The number of hydrogen-bond donors (Lipinski definition) is 1. The molecule has 0 amide bonds. The first-order chi connectivity index (χ1) is 9.15. The Labute approximate surface area is 111 Å². The van der Waals surface area contributed by atoms with Gasteiger partial charge in [-0.15, -0.1) is 0 Å². The van der Waals surface area contributed by atoms with E-state index >= 15 is 0 Å². The van der Waals surface area contributed by atoms with Gasteiger partial charge in [-0.1, -0.05) is 36.4 Å². The molecule has 0 atom stereocenters. The molecule has 0 aliphatic carbocycles. The van der Waals surface area contributed by atoms with Gasteiger partial charge in [0.05, 0.1) is 17.9 Å². The van der Waals surface area contributed by atoms with Crippen LogP contribution in [0.1, 0.15) is 21.5 Å². The van der Waals surface area contributed by atoms with Crippen LogP contribution in [0, 0.1) is 6.92 Å². The number of anilines is 1. The molecule has 0 saturated carbocycles. The zero-order chi connectivity index (χ0) is 13.7. The van der Waals surface area contributed by atoms with Gasteiger partial charge in [-0.05, 0) is 35.7 Å². The second-order valence-corrected chi connectivity index (χ2v) is 4.15. The molecule has 2 rings (SSSR count). The highest BCUT2D eigenvalue weighted by Crippen LogP contribution is 2.09. The van der Waals surface area contributed by atoms with Crippen molar-refractivity contribution in [3.05, 3.63) is 65.2 Å². The summed E-state index contributed by atoms with van der Waals surface area (Å²) in [5.74, 6) is -1.18. The van der Waals surface area contributed by atoms with Crippen molar-refractivity contribution >= 4 is 17.9 Å². The molecule has 19 heavy (non-hydrogen) atoms. The zero-order valence-electron chi connectivity index (χ0n) is 10.5. The summed E-state index contributed by atoms with van der Waals surface area (Å²) in [6.07, 6.45) is 1.63. The summed E-state index contributed by atoms with van der Waals surface area (Å²) in [6, 6.07) is 14.2. The third-order valence-corrected chi connectivity index (χ3v) is 2.57. The largest absolute Gasteiger partial charge is 0.545 e. The van der Waals surface area contributed by atoms with Gasteiger partial charge in [-0.25, -0.2) is 0 Å². The van der Waals surface area contributed by atoms with Crippen molar-refractivity contribution in [2.24, 2.45) is 5.10 Å². The summed E-state index contributed by atoms with van der Waals surface area (Å²) in [7, 11) is 0. The van der Waals surface area contributed by atoms with E-state index < -0.39 is 5.97 Å². The number of carbonyl (C=O) groups is 1. The Kier molecular flexibility index (Phi) is 3.93. The Balaban J connectivity index is 2.01. The lowest BCUT2D eigenvalue weighted by Crippen LogP contribution is -2.21. The maximum absolute atomic E-state index is 10.6. The first kappa shape index (κ1) is 12.8. The average molecular weight is 253 g/mol. The van der Waals surface area contributed by atoms with Crippen LogP contribution in [-0.2, 0) is 0 Å². The SMILES string of the molecule is Cc1cccc(N/N=C\c2ccc(C(=O)[O-])cc2)c1. The van der Waals surface area contributed by atoms with Gasteiger partial charge in [-0.3, -0.25) is 5.43 Å². The number of aryl methyl sites for hydroxylation is 1. The van der Waals surface area contributed by atoms with Crippen LogP contribution in [0.4, 0.5) is 5.69 Å². The zero-order valence-corrected chi connectivity index (χ0v) is 10.5. The summed E-state index contributed by atoms with van der Waals surface area (Å²) in [5, 5.41) is 14.7. The first-order valence-corrected chi connectivity index (χ1v) is 5.82. The summed E-state index contributed by atoms with van der Waals surface area (Å²) in [6.45, 7) is 2.01. The third kappa shape index (κ3) is 3.67. The number of nitrogens with zero attached hydrogens (tertiary/aromatic N) is 1. The normalized spacial score (nSPS) is 10.6. The molecular formula is C15H13N2O2-. The molecule has 0 unspecified atom stereocenters. The quantitative estimate of drug-likeness (QED) is 0.667. The van der Waals surface area contributed by atoms with Crippen LogP contribution in [0.5, 0.6) is 0 Å². The van der Waals surface area contributed by atoms with Gasteiger partial charge in [0, 0.05) is 0 Å². The molecule has 0 aromatic heterocycles. The van der Waals surface area contributed by atoms with Gasteiger partial charge in [0.1, 0.15) is 0 Å². The van der Waals surface area contributed by atoms with Crippen molar-refractivity contribution in [1.29, 1.82) is 0 Å². The summed E-state index contributed by atoms with van der Waals surface area (Å²) in [4.78, 5) is 10.6. The van der Waals surface area contributed by atoms with E-state index in [2.05, 4.69) is 10.5 Å². The highest BCUT2D eigenvalue weighted by Gasteiger charge is 1.93. The lowest BCUT2D eigenvalue weighted by molar-refractivity contribution is -0.255. The minimum absolute atomic E-state index is 0.156. The lowest BCUT2D eigenvalue weighted by Gasteiger charge is -2.02. The van der Waals surface area contributed by atoms with E-state index in [4.69, 9.17) is 0 Å². The van der Waals surface area contributed by atoms with Crippen molar-refractivity contribution in [1.82, 2.24) is 0 Å². The van der Waals surface area contributed by atoms with E-state index in [1.807, 2.05) is 31.2 Å². The molecule has 0 radical (unpaired) electrons. The Morgan fingerprint density at radius 3 is 2.58 bits per heavy atom. The molecule has 4 heteroatoms. The molecule has 0 heterocycles. The van der Waals surface area contributed by atoms with Crippen LogP contribution < -0.4 is 10.5 Å². The Morgan fingerprint density at radius 1 is 1.21 bits per heavy atom. The second-order valence-electron chi connectivity index (χ2n) is 4.15. The van der Waals surface area contributed by atoms with Crippen LogP contribution in [0.15, 0.2) is 53.6 Å². The van der Waals surface area contributed by atoms with Gasteiger partial charge < -0.3 is 9.90 Å².